The molecule has 0 saturated carbocycles. The largest absolute Gasteiger partial charge is 0.478 e. The van der Waals surface area contributed by atoms with Gasteiger partial charge < -0.3 is 10.8 Å². The summed E-state index contributed by atoms with van der Waals surface area (Å²) >= 11 is 14.8. The van der Waals surface area contributed by atoms with Crippen LogP contribution < -0.4 is 5.73 Å². The number of nitrogens with two attached hydrogens (primary N) is 1. The van der Waals surface area contributed by atoms with Crippen LogP contribution in [0, 0.1) is 5.82 Å². The molecule has 0 radical (unpaired) electrons. The number of thiol groups is 2. The van der Waals surface area contributed by atoms with Gasteiger partial charge in [0.2, 0.25) is 0 Å². The monoisotopic (exact) mass is 333 g/mol. The second kappa shape index (κ2) is 6.47. The number of carboxylic acids is 1. The Morgan fingerprint density at radius 2 is 2.07 bits per heavy atom. The second-order valence-electron chi connectivity index (χ2n) is 2.25. The van der Waals surface area contributed by atoms with Crippen molar-refractivity contribution in [2.75, 3.05) is 5.73 Å². The van der Waals surface area contributed by atoms with Crippen LogP contribution in [0.25, 0.3) is 0 Å². The number of halogens is 3. The van der Waals surface area contributed by atoms with Gasteiger partial charge in [-0.3, -0.25) is 0 Å². The van der Waals surface area contributed by atoms with Crippen LogP contribution in [0.15, 0.2) is 10.5 Å². The number of aromatic carboxylic acids is 1. The first-order valence-electron chi connectivity index (χ1n) is 3.31. The predicted octanol–water partition coefficient (Wildman–Crippen LogP) is 3.28. The average molecular weight is 335 g/mol. The van der Waals surface area contributed by atoms with E-state index in [2.05, 4.69) is 39.3 Å². The van der Waals surface area contributed by atoms with Crippen molar-refractivity contribution in [3.63, 3.8) is 0 Å². The maximum atomic E-state index is 13.1. The van der Waals surface area contributed by atoms with Crippen LogP contribution in [0.5, 0.6) is 0 Å². The van der Waals surface area contributed by atoms with Gasteiger partial charge in [0.1, 0.15) is 0 Å². The van der Waals surface area contributed by atoms with E-state index < -0.39 is 17.5 Å². The second-order valence-corrected chi connectivity index (χ2v) is 3.45. The fourth-order valence-electron chi connectivity index (χ4n) is 0.786. The lowest BCUT2D eigenvalue weighted by Crippen LogP contribution is -2.05. The van der Waals surface area contributed by atoms with Gasteiger partial charge in [0, 0.05) is 0 Å². The summed E-state index contributed by atoms with van der Waals surface area (Å²) in [6.07, 6.45) is 0. The van der Waals surface area contributed by atoms with E-state index in [1.165, 1.54) is 0 Å². The molecule has 1 rings (SSSR count). The first-order valence-corrected chi connectivity index (χ1v) is 6.08. The SMILES string of the molecule is Nc1c(C(=O)O)cc(Cl)c(Br)c1F.SS. The summed E-state index contributed by atoms with van der Waals surface area (Å²) in [6.45, 7) is 0. The van der Waals surface area contributed by atoms with Crippen LogP contribution in [0.4, 0.5) is 10.1 Å². The van der Waals surface area contributed by atoms with E-state index in [4.69, 9.17) is 22.4 Å². The molecule has 0 saturated heterocycles. The molecule has 3 N–H and O–H groups in total. The minimum Gasteiger partial charge on any atom is -0.478 e. The third kappa shape index (κ3) is 3.44. The lowest BCUT2D eigenvalue weighted by molar-refractivity contribution is 0.0697. The maximum absolute atomic E-state index is 13.1. The Balaban J connectivity index is 0.000000921. The Morgan fingerprint density at radius 1 is 1.60 bits per heavy atom. The van der Waals surface area contributed by atoms with Crippen LogP contribution in [-0.2, 0) is 0 Å². The number of carboxylic acid groups (broad SMARTS) is 1. The Morgan fingerprint density at radius 3 is 2.47 bits per heavy atom. The quantitative estimate of drug-likeness (QED) is 0.276. The molecule has 0 bridgehead atoms. The predicted molar refractivity (Wildman–Crippen MR) is 68.5 cm³/mol. The van der Waals surface area contributed by atoms with Crippen LogP contribution in [-0.4, -0.2) is 11.1 Å². The van der Waals surface area contributed by atoms with Crippen molar-refractivity contribution < 1.29 is 14.3 Å². The summed E-state index contributed by atoms with van der Waals surface area (Å²) < 4.78 is 13.1. The molecule has 0 heterocycles. The van der Waals surface area contributed by atoms with Crippen LogP contribution >= 0.6 is 50.9 Å². The molecule has 0 aliphatic carbocycles. The Kier molecular flexibility index (Phi) is 6.42. The summed E-state index contributed by atoms with van der Waals surface area (Å²) in [6, 6.07) is 1.09. The van der Waals surface area contributed by atoms with E-state index in [0.717, 1.165) is 6.07 Å². The van der Waals surface area contributed by atoms with Crippen LogP contribution in [0.2, 0.25) is 5.02 Å². The highest BCUT2D eigenvalue weighted by molar-refractivity contribution is 9.10. The number of hydrogen-bond donors (Lipinski definition) is 4. The zero-order chi connectivity index (χ0) is 12.2. The van der Waals surface area contributed by atoms with E-state index in [1.807, 2.05) is 0 Å². The molecule has 0 fully saturated rings. The van der Waals surface area contributed by atoms with Gasteiger partial charge >= 0.3 is 5.97 Å². The highest BCUT2D eigenvalue weighted by atomic mass is 79.9. The van der Waals surface area contributed by atoms with E-state index in [0.29, 0.717) is 0 Å². The average Bonchev–Trinajstić information content (AvgIpc) is 2.23. The summed E-state index contributed by atoms with van der Waals surface area (Å²) in [7, 11) is 0. The molecule has 84 valence electrons. The molecule has 0 atom stereocenters. The molecule has 0 spiro atoms. The molecule has 1 aromatic carbocycles. The Labute approximate surface area is 109 Å². The first kappa shape index (κ1) is 14.9. The summed E-state index contributed by atoms with van der Waals surface area (Å²) in [5.74, 6) is -2.17. The topological polar surface area (TPSA) is 63.3 Å². The van der Waals surface area contributed by atoms with E-state index in [-0.39, 0.29) is 15.1 Å². The number of carbonyl (C=O) groups is 1. The fraction of sp³-hybridized carbons (Fsp3) is 0. The van der Waals surface area contributed by atoms with Gasteiger partial charge in [0.05, 0.1) is 20.7 Å². The van der Waals surface area contributed by atoms with Crippen molar-refractivity contribution in [2.24, 2.45) is 0 Å². The highest BCUT2D eigenvalue weighted by Crippen LogP contribution is 2.31. The van der Waals surface area contributed by atoms with Crippen molar-refractivity contribution in [1.82, 2.24) is 0 Å². The number of hydrogen-bond acceptors (Lipinski definition) is 4. The van der Waals surface area contributed by atoms with Crippen molar-refractivity contribution in [3.05, 3.63) is 26.9 Å². The van der Waals surface area contributed by atoms with Crippen LogP contribution in [0.3, 0.4) is 0 Å². The Bertz CT molecular complexity index is 392. The van der Waals surface area contributed by atoms with E-state index >= 15 is 0 Å². The molecule has 0 amide bonds. The van der Waals surface area contributed by atoms with Crippen molar-refractivity contribution in [1.29, 1.82) is 0 Å². The number of benzene rings is 1. The molecular weight excluding hydrogens is 329 g/mol. The minimum absolute atomic E-state index is 0.0240. The lowest BCUT2D eigenvalue weighted by atomic mass is 10.2. The lowest BCUT2D eigenvalue weighted by Gasteiger charge is -2.05. The first-order chi connectivity index (χ1) is 6.95. The molecule has 8 heteroatoms. The molecule has 0 aliphatic rings. The summed E-state index contributed by atoms with van der Waals surface area (Å²) in [5.41, 5.74) is 4.44. The van der Waals surface area contributed by atoms with Crippen molar-refractivity contribution >= 4 is 62.5 Å². The third-order valence-electron chi connectivity index (χ3n) is 1.43. The van der Waals surface area contributed by atoms with E-state index in [1.54, 1.807) is 0 Å². The van der Waals surface area contributed by atoms with Gasteiger partial charge in [-0.25, -0.2) is 9.18 Å². The van der Waals surface area contributed by atoms with Gasteiger partial charge in [-0.15, -0.1) is 23.3 Å². The van der Waals surface area contributed by atoms with Gasteiger partial charge in [-0.05, 0) is 22.0 Å². The number of anilines is 1. The maximum Gasteiger partial charge on any atom is 0.337 e. The van der Waals surface area contributed by atoms with Gasteiger partial charge in [0.15, 0.2) is 5.82 Å². The third-order valence-corrected chi connectivity index (χ3v) is 2.73. The number of nitrogen functional groups attached to an aromatic ring is 1. The van der Waals surface area contributed by atoms with Crippen LogP contribution in [0.1, 0.15) is 10.4 Å². The smallest absolute Gasteiger partial charge is 0.337 e. The summed E-state index contributed by atoms with van der Waals surface area (Å²) in [4.78, 5) is 10.5. The highest BCUT2D eigenvalue weighted by Gasteiger charge is 2.17. The minimum atomic E-state index is -1.31. The molecule has 15 heavy (non-hydrogen) atoms. The Hall–Kier alpha value is -0.110. The number of rotatable bonds is 1. The molecular formula is C7H6BrClFNO2S2. The molecule has 0 aromatic heterocycles. The van der Waals surface area contributed by atoms with E-state index in [9.17, 15) is 9.18 Å². The molecule has 0 aliphatic heterocycles. The molecule has 0 unspecified atom stereocenters. The van der Waals surface area contributed by atoms with Gasteiger partial charge in [-0.2, -0.15) is 0 Å². The molecule has 1 aromatic rings. The fourth-order valence-corrected chi connectivity index (χ4v) is 1.31. The zero-order valence-electron chi connectivity index (χ0n) is 7.04. The normalized spacial score (nSPS) is 9.13. The van der Waals surface area contributed by atoms with Gasteiger partial charge in [-0.1, -0.05) is 11.6 Å². The molecule has 3 nitrogen and oxygen atoms in total. The zero-order valence-corrected chi connectivity index (χ0v) is 11.2. The van der Waals surface area contributed by atoms with Crippen molar-refractivity contribution in [2.45, 2.75) is 0 Å². The summed E-state index contributed by atoms with van der Waals surface area (Å²) in [5, 5.41) is 8.56. The van der Waals surface area contributed by atoms with Crippen molar-refractivity contribution in [3.8, 4) is 0 Å². The van der Waals surface area contributed by atoms with Gasteiger partial charge in [0.25, 0.3) is 0 Å². The standard InChI is InChI=1S/C7H4BrClFNO2.H2S2/c8-4-3(9)1-2(7(12)13)6(11)5(4)10;1-2/h1H,11H2,(H,12,13);1-2H.